The third-order valence-electron chi connectivity index (χ3n) is 2.76. The second-order valence-corrected chi connectivity index (χ2v) is 5.98. The normalized spacial score (nSPS) is 13.3. The highest BCUT2D eigenvalue weighted by atomic mass is 32.2. The lowest BCUT2D eigenvalue weighted by molar-refractivity contribution is -0.255. The molecular weight excluding hydrogens is 340 g/mol. The van der Waals surface area contributed by atoms with Gasteiger partial charge in [0, 0.05) is 11.1 Å². The molecule has 0 spiro atoms. The summed E-state index contributed by atoms with van der Waals surface area (Å²) in [5.41, 5.74) is -2.20. The van der Waals surface area contributed by atoms with Gasteiger partial charge in [-0.25, -0.2) is 17.5 Å². The van der Waals surface area contributed by atoms with Gasteiger partial charge in [-0.2, -0.15) is 22.0 Å². The molecule has 1 aromatic carbocycles. The fraction of sp³-hybridized carbons (Fsp3) is 0.364. The van der Waals surface area contributed by atoms with Crippen molar-refractivity contribution in [3.05, 3.63) is 29.1 Å². The number of alkyl halides is 5. The molecule has 0 aliphatic rings. The Kier molecular flexibility index (Phi) is 4.64. The van der Waals surface area contributed by atoms with Crippen LogP contribution in [0.25, 0.3) is 0 Å². The Morgan fingerprint density at radius 3 is 2.05 bits per heavy atom. The largest absolute Gasteiger partial charge is 0.461 e. The van der Waals surface area contributed by atoms with Crippen molar-refractivity contribution in [3.63, 3.8) is 0 Å². The predicted octanol–water partition coefficient (Wildman–Crippen LogP) is 2.42. The molecule has 1 rings (SSSR count). The van der Waals surface area contributed by atoms with E-state index in [2.05, 4.69) is 0 Å². The maximum Gasteiger partial charge on any atom is 0.461 e. The summed E-state index contributed by atoms with van der Waals surface area (Å²) in [6.07, 6.45) is -6.22. The Morgan fingerprint density at radius 2 is 1.64 bits per heavy atom. The average Bonchev–Trinajstić information content (AvgIpc) is 2.39. The number of halogens is 6. The standard InChI is InChI=1S/C11H9F6NO3S/c1-5-7(12)4-3-6(8(5)22(20,21)18-2)9(19)10(13,14)11(15,16)17/h3-4,18H,1-2H3. The first kappa shape index (κ1) is 18.4. The maximum atomic E-state index is 13.4. The average molecular weight is 349 g/mol. The number of carbonyl (C=O) groups excluding carboxylic acids is 1. The Morgan fingerprint density at radius 1 is 1.14 bits per heavy atom. The molecule has 22 heavy (non-hydrogen) atoms. The molecule has 0 aliphatic carbocycles. The predicted molar refractivity (Wildman–Crippen MR) is 62.7 cm³/mol. The van der Waals surface area contributed by atoms with E-state index in [4.69, 9.17) is 0 Å². The molecule has 0 amide bonds. The highest BCUT2D eigenvalue weighted by Gasteiger charge is 2.63. The first-order chi connectivity index (χ1) is 9.77. The van der Waals surface area contributed by atoms with Crippen molar-refractivity contribution >= 4 is 15.8 Å². The summed E-state index contributed by atoms with van der Waals surface area (Å²) in [6.45, 7) is 0.835. The van der Waals surface area contributed by atoms with Crippen LogP contribution in [0.1, 0.15) is 15.9 Å². The Bertz CT molecular complexity index is 711. The van der Waals surface area contributed by atoms with Crippen LogP contribution in [-0.4, -0.2) is 33.3 Å². The van der Waals surface area contributed by atoms with E-state index in [0.717, 1.165) is 14.0 Å². The van der Waals surface area contributed by atoms with Gasteiger partial charge in [0.1, 0.15) is 5.82 Å². The van der Waals surface area contributed by atoms with E-state index >= 15 is 0 Å². The highest BCUT2D eigenvalue weighted by Crippen LogP contribution is 2.39. The Hall–Kier alpha value is -1.62. The number of ketones is 1. The number of hydrogen-bond acceptors (Lipinski definition) is 3. The minimum Gasteiger partial charge on any atom is -0.287 e. The van der Waals surface area contributed by atoms with Crippen molar-refractivity contribution in [1.82, 2.24) is 4.72 Å². The number of hydrogen-bond donors (Lipinski definition) is 1. The number of benzene rings is 1. The van der Waals surface area contributed by atoms with Crippen LogP contribution in [0.2, 0.25) is 0 Å². The van der Waals surface area contributed by atoms with E-state index in [1.54, 1.807) is 4.72 Å². The molecule has 0 saturated carbocycles. The molecule has 0 aliphatic heterocycles. The fourth-order valence-electron chi connectivity index (χ4n) is 1.59. The van der Waals surface area contributed by atoms with Crippen LogP contribution in [0, 0.1) is 12.7 Å². The first-order valence-corrected chi connectivity index (χ1v) is 6.97. The van der Waals surface area contributed by atoms with Gasteiger partial charge in [0.05, 0.1) is 4.90 Å². The number of nitrogens with one attached hydrogen (secondary N) is 1. The molecule has 11 heteroatoms. The zero-order valence-corrected chi connectivity index (χ0v) is 11.9. The van der Waals surface area contributed by atoms with Gasteiger partial charge in [0.25, 0.3) is 0 Å². The molecule has 0 radical (unpaired) electrons. The van der Waals surface area contributed by atoms with Gasteiger partial charge in [-0.3, -0.25) is 4.79 Å². The number of carbonyl (C=O) groups is 1. The molecule has 0 aromatic heterocycles. The van der Waals surface area contributed by atoms with Gasteiger partial charge in [0.2, 0.25) is 15.8 Å². The van der Waals surface area contributed by atoms with Crippen molar-refractivity contribution in [2.24, 2.45) is 0 Å². The van der Waals surface area contributed by atoms with Crippen molar-refractivity contribution in [1.29, 1.82) is 0 Å². The second kappa shape index (κ2) is 5.54. The molecule has 0 atom stereocenters. The van der Waals surface area contributed by atoms with Crippen molar-refractivity contribution in [2.75, 3.05) is 7.05 Å². The van der Waals surface area contributed by atoms with Crippen LogP contribution in [0.4, 0.5) is 26.3 Å². The van der Waals surface area contributed by atoms with Crippen LogP contribution < -0.4 is 4.72 Å². The molecule has 4 nitrogen and oxygen atoms in total. The van der Waals surface area contributed by atoms with E-state index in [9.17, 15) is 39.6 Å². The zero-order valence-electron chi connectivity index (χ0n) is 11.1. The quantitative estimate of drug-likeness (QED) is 0.671. The zero-order chi connectivity index (χ0) is 17.5. The molecule has 0 bridgehead atoms. The summed E-state index contributed by atoms with van der Waals surface area (Å²) < 4.78 is 101. The molecule has 1 N–H and O–H groups in total. The number of rotatable bonds is 4. The molecule has 1 aromatic rings. The van der Waals surface area contributed by atoms with Gasteiger partial charge < -0.3 is 0 Å². The summed E-state index contributed by atoms with van der Waals surface area (Å²) >= 11 is 0. The number of sulfonamides is 1. The molecular formula is C11H9F6NO3S. The lowest BCUT2D eigenvalue weighted by atomic mass is 10.0. The van der Waals surface area contributed by atoms with Gasteiger partial charge in [-0.15, -0.1) is 0 Å². The van der Waals surface area contributed by atoms with Crippen molar-refractivity contribution < 1.29 is 39.6 Å². The summed E-state index contributed by atoms with van der Waals surface area (Å²) in [6, 6.07) is 0.707. The SMILES string of the molecule is CNS(=O)(=O)c1c(C(=O)C(F)(F)C(F)(F)F)ccc(F)c1C. The van der Waals surface area contributed by atoms with Gasteiger partial charge >= 0.3 is 12.1 Å². The fourth-order valence-corrected chi connectivity index (χ4v) is 2.75. The molecule has 124 valence electrons. The highest BCUT2D eigenvalue weighted by molar-refractivity contribution is 7.89. The smallest absolute Gasteiger partial charge is 0.287 e. The lowest BCUT2D eigenvalue weighted by Crippen LogP contribution is -2.44. The van der Waals surface area contributed by atoms with Crippen LogP contribution in [0.5, 0.6) is 0 Å². The van der Waals surface area contributed by atoms with E-state index in [1.165, 1.54) is 0 Å². The molecule has 0 unspecified atom stereocenters. The monoisotopic (exact) mass is 349 g/mol. The maximum absolute atomic E-state index is 13.4. The van der Waals surface area contributed by atoms with Crippen molar-refractivity contribution in [3.8, 4) is 0 Å². The first-order valence-electron chi connectivity index (χ1n) is 5.49. The Balaban J connectivity index is 3.71. The topological polar surface area (TPSA) is 63.2 Å². The minimum atomic E-state index is -6.22. The summed E-state index contributed by atoms with van der Waals surface area (Å²) in [7, 11) is -3.82. The van der Waals surface area contributed by atoms with E-state index in [1.807, 2.05) is 0 Å². The number of Topliss-reactive ketones (excluding diaryl/α,β-unsaturated/α-hetero) is 1. The molecule has 0 saturated heterocycles. The van der Waals surface area contributed by atoms with Gasteiger partial charge in [-0.05, 0) is 26.1 Å². The van der Waals surface area contributed by atoms with E-state index < -0.39 is 49.7 Å². The second-order valence-electron chi connectivity index (χ2n) is 4.16. The summed E-state index contributed by atoms with van der Waals surface area (Å²) in [5.74, 6) is -9.77. The van der Waals surface area contributed by atoms with Gasteiger partial charge in [-0.1, -0.05) is 0 Å². The molecule has 0 heterocycles. The summed E-state index contributed by atoms with van der Waals surface area (Å²) in [5, 5.41) is 0. The summed E-state index contributed by atoms with van der Waals surface area (Å²) in [4.78, 5) is 10.2. The third-order valence-corrected chi connectivity index (χ3v) is 4.36. The third kappa shape index (κ3) is 2.95. The van der Waals surface area contributed by atoms with E-state index in [-0.39, 0.29) is 6.07 Å². The van der Waals surface area contributed by atoms with E-state index in [0.29, 0.717) is 6.07 Å². The lowest BCUT2D eigenvalue weighted by Gasteiger charge is -2.20. The van der Waals surface area contributed by atoms with Crippen LogP contribution >= 0.6 is 0 Å². The van der Waals surface area contributed by atoms with Crippen molar-refractivity contribution in [2.45, 2.75) is 23.9 Å². The minimum absolute atomic E-state index is 0.272. The van der Waals surface area contributed by atoms with Crippen LogP contribution in [-0.2, 0) is 10.0 Å². The van der Waals surface area contributed by atoms with Crippen LogP contribution in [0.3, 0.4) is 0 Å². The Labute approximate surface area is 121 Å². The van der Waals surface area contributed by atoms with Crippen LogP contribution in [0.15, 0.2) is 17.0 Å². The van der Waals surface area contributed by atoms with Gasteiger partial charge in [0.15, 0.2) is 0 Å². The molecule has 0 fully saturated rings.